The summed E-state index contributed by atoms with van der Waals surface area (Å²) in [7, 11) is 0. The number of piperidine rings is 1. The van der Waals surface area contributed by atoms with Crippen molar-refractivity contribution >= 4 is 17.8 Å². The lowest BCUT2D eigenvalue weighted by Crippen LogP contribution is -2.46. The van der Waals surface area contributed by atoms with E-state index in [4.69, 9.17) is 0 Å². The molecule has 21 heavy (non-hydrogen) atoms. The Bertz CT molecular complexity index is 421. The fourth-order valence-electron chi connectivity index (χ4n) is 2.66. The van der Waals surface area contributed by atoms with Gasteiger partial charge in [0.2, 0.25) is 0 Å². The van der Waals surface area contributed by atoms with Crippen molar-refractivity contribution in [2.45, 2.75) is 38.5 Å². The van der Waals surface area contributed by atoms with Crippen LogP contribution in [0.1, 0.15) is 26.7 Å². The number of carbonyl (C=O) groups excluding carboxylic acids is 1. The maximum atomic E-state index is 12.2. The molecule has 0 radical (unpaired) electrons. The third kappa shape index (κ3) is 5.61. The molecule has 1 saturated heterocycles. The van der Waals surface area contributed by atoms with Crippen LogP contribution in [0, 0.1) is 5.92 Å². The average Bonchev–Trinajstić information content (AvgIpc) is 2.96. The number of nitrogens with zero attached hydrogens (tertiary/aromatic N) is 3. The molecule has 1 aromatic rings. The average molecular weight is 310 g/mol. The van der Waals surface area contributed by atoms with E-state index in [0.717, 1.165) is 38.4 Å². The molecule has 0 spiro atoms. The second-order valence-electron chi connectivity index (χ2n) is 5.87. The molecule has 1 aliphatic rings. The SMILES string of the molecule is CC(C)SCCNC(=O)N1CCCC(Cn2ccnc2)C1. The molecule has 1 fully saturated rings. The zero-order valence-electron chi connectivity index (χ0n) is 13.0. The quantitative estimate of drug-likeness (QED) is 0.821. The Morgan fingerprint density at radius 3 is 3.10 bits per heavy atom. The van der Waals surface area contributed by atoms with Gasteiger partial charge in [0.05, 0.1) is 6.33 Å². The van der Waals surface area contributed by atoms with Crippen molar-refractivity contribution in [2.75, 3.05) is 25.4 Å². The first-order chi connectivity index (χ1) is 10.1. The van der Waals surface area contributed by atoms with Gasteiger partial charge in [0.1, 0.15) is 0 Å². The number of amides is 2. The van der Waals surface area contributed by atoms with Crippen molar-refractivity contribution in [2.24, 2.45) is 5.92 Å². The molecule has 1 unspecified atom stereocenters. The van der Waals surface area contributed by atoms with Gasteiger partial charge in [0.15, 0.2) is 0 Å². The number of carbonyl (C=O) groups is 1. The lowest BCUT2D eigenvalue weighted by Gasteiger charge is -2.33. The lowest BCUT2D eigenvalue weighted by molar-refractivity contribution is 0.160. The van der Waals surface area contributed by atoms with E-state index in [2.05, 4.69) is 28.7 Å². The first kappa shape index (κ1) is 16.2. The van der Waals surface area contributed by atoms with Gasteiger partial charge in [-0.3, -0.25) is 0 Å². The number of aromatic nitrogens is 2. The molecule has 0 bridgehead atoms. The van der Waals surface area contributed by atoms with Gasteiger partial charge < -0.3 is 14.8 Å². The fraction of sp³-hybridized carbons (Fsp3) is 0.733. The summed E-state index contributed by atoms with van der Waals surface area (Å²) in [5, 5.41) is 3.66. The van der Waals surface area contributed by atoms with E-state index in [1.54, 1.807) is 6.20 Å². The van der Waals surface area contributed by atoms with Crippen LogP contribution in [0.4, 0.5) is 4.79 Å². The van der Waals surface area contributed by atoms with Gasteiger partial charge >= 0.3 is 6.03 Å². The van der Waals surface area contributed by atoms with E-state index in [1.807, 2.05) is 29.2 Å². The molecular formula is C15H26N4OS. The molecule has 0 aromatic carbocycles. The highest BCUT2D eigenvalue weighted by molar-refractivity contribution is 7.99. The fourth-order valence-corrected chi connectivity index (χ4v) is 3.35. The molecule has 2 amide bonds. The number of nitrogens with one attached hydrogen (secondary N) is 1. The van der Waals surface area contributed by atoms with Gasteiger partial charge in [-0.05, 0) is 24.0 Å². The standard InChI is InChI=1S/C15H26N4OS/c1-13(2)21-9-6-17-15(20)19-7-3-4-14(11-19)10-18-8-5-16-12-18/h5,8,12-14H,3-4,6-7,9-11H2,1-2H3,(H,17,20). The minimum Gasteiger partial charge on any atom is -0.337 e. The molecule has 118 valence electrons. The second-order valence-corrected chi connectivity index (χ2v) is 7.55. The van der Waals surface area contributed by atoms with Crippen LogP contribution in [0.25, 0.3) is 0 Å². The highest BCUT2D eigenvalue weighted by atomic mass is 32.2. The van der Waals surface area contributed by atoms with Crippen molar-refractivity contribution in [3.8, 4) is 0 Å². The summed E-state index contributed by atoms with van der Waals surface area (Å²) < 4.78 is 2.10. The van der Waals surface area contributed by atoms with Crippen molar-refractivity contribution < 1.29 is 4.79 Å². The van der Waals surface area contributed by atoms with E-state index >= 15 is 0 Å². The maximum absolute atomic E-state index is 12.2. The Morgan fingerprint density at radius 2 is 2.38 bits per heavy atom. The van der Waals surface area contributed by atoms with Gasteiger partial charge in [-0.1, -0.05) is 13.8 Å². The molecule has 6 heteroatoms. The Labute approximate surface area is 131 Å². The smallest absolute Gasteiger partial charge is 0.317 e. The summed E-state index contributed by atoms with van der Waals surface area (Å²) in [6.45, 7) is 7.79. The molecule has 1 aromatic heterocycles. The summed E-state index contributed by atoms with van der Waals surface area (Å²) in [6.07, 6.45) is 7.92. The summed E-state index contributed by atoms with van der Waals surface area (Å²) in [5.74, 6) is 1.51. The summed E-state index contributed by atoms with van der Waals surface area (Å²) in [5.41, 5.74) is 0. The molecule has 0 saturated carbocycles. The molecule has 2 heterocycles. The molecule has 5 nitrogen and oxygen atoms in total. The normalized spacial score (nSPS) is 19.0. The Kier molecular flexibility index (Phi) is 6.42. The highest BCUT2D eigenvalue weighted by Crippen LogP contribution is 2.18. The van der Waals surface area contributed by atoms with Crippen LogP contribution in [0.3, 0.4) is 0 Å². The predicted molar refractivity (Wildman–Crippen MR) is 87.5 cm³/mol. The highest BCUT2D eigenvalue weighted by Gasteiger charge is 2.23. The predicted octanol–water partition coefficient (Wildman–Crippen LogP) is 2.45. The maximum Gasteiger partial charge on any atom is 0.317 e. The number of urea groups is 1. The number of rotatable bonds is 6. The third-order valence-electron chi connectivity index (χ3n) is 3.66. The zero-order valence-corrected chi connectivity index (χ0v) is 13.8. The van der Waals surface area contributed by atoms with Crippen molar-refractivity contribution in [3.05, 3.63) is 18.7 Å². The number of hydrogen-bond acceptors (Lipinski definition) is 3. The Balaban J connectivity index is 1.71. The van der Waals surface area contributed by atoms with Crippen LogP contribution in [-0.2, 0) is 6.54 Å². The van der Waals surface area contributed by atoms with Crippen LogP contribution in [-0.4, -0.2) is 51.1 Å². The van der Waals surface area contributed by atoms with E-state index < -0.39 is 0 Å². The van der Waals surface area contributed by atoms with Gasteiger partial charge in [0.25, 0.3) is 0 Å². The van der Waals surface area contributed by atoms with Crippen molar-refractivity contribution in [1.29, 1.82) is 0 Å². The summed E-state index contributed by atoms with van der Waals surface area (Å²) in [4.78, 5) is 18.2. The van der Waals surface area contributed by atoms with Crippen LogP contribution in [0.5, 0.6) is 0 Å². The Hall–Kier alpha value is -1.17. The summed E-state index contributed by atoms with van der Waals surface area (Å²) in [6, 6.07) is 0.0923. The third-order valence-corrected chi connectivity index (χ3v) is 4.77. The largest absolute Gasteiger partial charge is 0.337 e. The first-order valence-electron chi connectivity index (χ1n) is 7.75. The van der Waals surface area contributed by atoms with Crippen LogP contribution in [0.15, 0.2) is 18.7 Å². The summed E-state index contributed by atoms with van der Waals surface area (Å²) >= 11 is 1.88. The van der Waals surface area contributed by atoms with E-state index in [1.165, 1.54) is 6.42 Å². The Morgan fingerprint density at radius 1 is 1.52 bits per heavy atom. The first-order valence-corrected chi connectivity index (χ1v) is 8.80. The van der Waals surface area contributed by atoms with E-state index in [0.29, 0.717) is 11.2 Å². The van der Waals surface area contributed by atoms with Crippen LogP contribution < -0.4 is 5.32 Å². The number of likely N-dealkylation sites (tertiary alicyclic amines) is 1. The molecule has 2 rings (SSSR count). The minimum absolute atomic E-state index is 0.0923. The van der Waals surface area contributed by atoms with Crippen molar-refractivity contribution in [3.63, 3.8) is 0 Å². The lowest BCUT2D eigenvalue weighted by atomic mass is 9.98. The van der Waals surface area contributed by atoms with Crippen LogP contribution in [0.2, 0.25) is 0 Å². The van der Waals surface area contributed by atoms with Gasteiger partial charge in [-0.2, -0.15) is 11.8 Å². The number of thioether (sulfide) groups is 1. The zero-order chi connectivity index (χ0) is 15.1. The van der Waals surface area contributed by atoms with Gasteiger partial charge in [0, 0.05) is 44.3 Å². The van der Waals surface area contributed by atoms with E-state index in [-0.39, 0.29) is 6.03 Å². The minimum atomic E-state index is 0.0923. The topological polar surface area (TPSA) is 50.2 Å². The second kappa shape index (κ2) is 8.32. The number of hydrogen-bond donors (Lipinski definition) is 1. The van der Waals surface area contributed by atoms with Gasteiger partial charge in [-0.25, -0.2) is 9.78 Å². The molecule has 0 aliphatic carbocycles. The van der Waals surface area contributed by atoms with E-state index in [9.17, 15) is 4.79 Å². The van der Waals surface area contributed by atoms with Crippen LogP contribution >= 0.6 is 11.8 Å². The molecule has 1 atom stereocenters. The molecular weight excluding hydrogens is 284 g/mol. The molecule has 1 N–H and O–H groups in total. The molecule has 1 aliphatic heterocycles. The number of imidazole rings is 1. The van der Waals surface area contributed by atoms with Gasteiger partial charge in [-0.15, -0.1) is 0 Å². The monoisotopic (exact) mass is 310 g/mol. The van der Waals surface area contributed by atoms with Crippen molar-refractivity contribution in [1.82, 2.24) is 19.8 Å².